The monoisotopic (exact) mass is 189 g/mol. The summed E-state index contributed by atoms with van der Waals surface area (Å²) in [6.07, 6.45) is 3.30. The molecule has 0 amide bonds. The number of hydrogen-bond acceptors (Lipinski definition) is 4. The Kier molecular flexibility index (Phi) is 1.92. The van der Waals surface area contributed by atoms with E-state index in [9.17, 15) is 0 Å². The minimum absolute atomic E-state index is 0.616. The molecule has 0 aliphatic carbocycles. The van der Waals surface area contributed by atoms with E-state index >= 15 is 0 Å². The highest BCUT2D eigenvalue weighted by Crippen LogP contribution is 2.18. The second kappa shape index (κ2) is 3.10. The van der Waals surface area contributed by atoms with Gasteiger partial charge in [-0.25, -0.2) is 0 Å². The molecule has 0 aromatic carbocycles. The van der Waals surface area contributed by atoms with Crippen LogP contribution in [0.5, 0.6) is 0 Å². The molecule has 0 saturated carbocycles. The van der Waals surface area contributed by atoms with E-state index in [-0.39, 0.29) is 0 Å². The molecule has 0 bridgehead atoms. The second-order valence-corrected chi connectivity index (χ2v) is 3.07. The molecule has 14 heavy (non-hydrogen) atoms. The maximum absolute atomic E-state index is 5.68. The first-order chi connectivity index (χ1) is 6.68. The number of nitrogens with two attached hydrogens (primary N) is 1. The van der Waals surface area contributed by atoms with Gasteiger partial charge in [-0.2, -0.15) is 5.10 Å². The molecule has 0 fully saturated rings. The molecule has 2 aromatic rings. The van der Waals surface area contributed by atoms with Crippen LogP contribution in [0.2, 0.25) is 0 Å². The molecule has 2 aromatic heterocycles. The molecule has 2 rings (SSSR count). The Morgan fingerprint density at radius 3 is 2.57 bits per heavy atom. The molecule has 0 aliphatic heterocycles. The van der Waals surface area contributed by atoms with Gasteiger partial charge < -0.3 is 5.73 Å². The van der Waals surface area contributed by atoms with E-state index in [1.54, 1.807) is 30.2 Å². The van der Waals surface area contributed by atoms with Gasteiger partial charge in [0.2, 0.25) is 0 Å². The third kappa shape index (κ3) is 1.32. The van der Waals surface area contributed by atoms with Crippen molar-refractivity contribution in [2.75, 3.05) is 5.73 Å². The topological polar surface area (TPSA) is 69.6 Å². The summed E-state index contributed by atoms with van der Waals surface area (Å²) in [6, 6.07) is 1.79. The largest absolute Gasteiger partial charge is 0.384 e. The van der Waals surface area contributed by atoms with Crippen molar-refractivity contribution >= 4 is 5.82 Å². The summed E-state index contributed by atoms with van der Waals surface area (Å²) in [5.41, 5.74) is 8.07. The third-order valence-corrected chi connectivity index (χ3v) is 2.04. The van der Waals surface area contributed by atoms with Gasteiger partial charge in [-0.15, -0.1) is 0 Å². The van der Waals surface area contributed by atoms with Crippen LogP contribution in [0.15, 0.2) is 18.5 Å². The summed E-state index contributed by atoms with van der Waals surface area (Å²) in [5, 5.41) is 4.23. The van der Waals surface area contributed by atoms with Gasteiger partial charge >= 0.3 is 0 Å². The summed E-state index contributed by atoms with van der Waals surface area (Å²) in [7, 11) is 1.80. The van der Waals surface area contributed by atoms with Gasteiger partial charge in [0.1, 0.15) is 17.2 Å². The number of rotatable bonds is 1. The summed E-state index contributed by atoms with van der Waals surface area (Å²) < 4.78 is 1.61. The Bertz CT molecular complexity index is 440. The van der Waals surface area contributed by atoms with Crippen molar-refractivity contribution in [3.05, 3.63) is 24.2 Å². The number of nitrogens with zero attached hydrogens (tertiary/aromatic N) is 4. The second-order valence-electron chi connectivity index (χ2n) is 3.07. The van der Waals surface area contributed by atoms with E-state index in [0.29, 0.717) is 5.82 Å². The van der Waals surface area contributed by atoms with Crippen LogP contribution < -0.4 is 5.73 Å². The summed E-state index contributed by atoms with van der Waals surface area (Å²) in [4.78, 5) is 8.35. The van der Waals surface area contributed by atoms with Gasteiger partial charge in [0.25, 0.3) is 0 Å². The highest BCUT2D eigenvalue weighted by Gasteiger charge is 2.08. The lowest BCUT2D eigenvalue weighted by Crippen LogP contribution is -1.97. The number of aromatic nitrogens is 4. The fourth-order valence-electron chi connectivity index (χ4n) is 1.26. The number of nitrogen functional groups attached to an aromatic ring is 1. The molecule has 0 radical (unpaired) electrons. The van der Waals surface area contributed by atoms with E-state index in [1.165, 1.54) is 0 Å². The Morgan fingerprint density at radius 2 is 2.00 bits per heavy atom. The zero-order chi connectivity index (χ0) is 10.1. The normalized spacial score (nSPS) is 10.4. The van der Waals surface area contributed by atoms with Crippen LogP contribution in [0.25, 0.3) is 11.4 Å². The van der Waals surface area contributed by atoms with Crippen molar-refractivity contribution in [1.82, 2.24) is 19.7 Å². The van der Waals surface area contributed by atoms with Crippen molar-refractivity contribution in [3.8, 4) is 11.4 Å². The molecule has 0 saturated heterocycles. The van der Waals surface area contributed by atoms with Crippen molar-refractivity contribution in [1.29, 1.82) is 0 Å². The first-order valence-electron chi connectivity index (χ1n) is 4.26. The highest BCUT2D eigenvalue weighted by molar-refractivity contribution is 5.59. The van der Waals surface area contributed by atoms with Crippen LogP contribution in [0, 0.1) is 6.92 Å². The van der Waals surface area contributed by atoms with Crippen molar-refractivity contribution < 1.29 is 0 Å². The number of anilines is 1. The predicted octanol–water partition coefficient (Wildman–Crippen LogP) is 0.768. The molecule has 0 atom stereocenters. The van der Waals surface area contributed by atoms with Crippen LogP contribution in [0.4, 0.5) is 5.82 Å². The van der Waals surface area contributed by atoms with Gasteiger partial charge in [0.15, 0.2) is 0 Å². The lowest BCUT2D eigenvalue weighted by atomic mass is 10.2. The minimum Gasteiger partial charge on any atom is -0.384 e. The standard InChI is InChI=1S/C9H11N5/c1-6-9(12-4-3-11-6)7-5-8(10)14(2)13-7/h3-5H,10H2,1-2H3. The third-order valence-electron chi connectivity index (χ3n) is 2.04. The first kappa shape index (κ1) is 8.68. The fraction of sp³-hybridized carbons (Fsp3) is 0.222. The molecule has 72 valence electrons. The Balaban J connectivity index is 2.55. The summed E-state index contributed by atoms with van der Waals surface area (Å²) >= 11 is 0. The molecule has 5 heteroatoms. The number of aryl methyl sites for hydroxylation is 2. The quantitative estimate of drug-likeness (QED) is 0.719. The molecular formula is C9H11N5. The maximum Gasteiger partial charge on any atom is 0.122 e. The summed E-state index contributed by atoms with van der Waals surface area (Å²) in [6.45, 7) is 1.90. The molecule has 5 nitrogen and oxygen atoms in total. The van der Waals surface area contributed by atoms with Crippen LogP contribution in [-0.2, 0) is 7.05 Å². The van der Waals surface area contributed by atoms with E-state index in [0.717, 1.165) is 17.1 Å². The van der Waals surface area contributed by atoms with Gasteiger partial charge in [0.05, 0.1) is 5.69 Å². The molecule has 0 spiro atoms. The lowest BCUT2D eigenvalue weighted by molar-refractivity contribution is 0.780. The van der Waals surface area contributed by atoms with Crippen molar-refractivity contribution in [3.63, 3.8) is 0 Å². The van der Waals surface area contributed by atoms with Crippen LogP contribution in [0.1, 0.15) is 5.69 Å². The fourth-order valence-corrected chi connectivity index (χ4v) is 1.26. The van der Waals surface area contributed by atoms with Crippen molar-refractivity contribution in [2.24, 2.45) is 7.05 Å². The smallest absolute Gasteiger partial charge is 0.122 e. The highest BCUT2D eigenvalue weighted by atomic mass is 15.3. The zero-order valence-electron chi connectivity index (χ0n) is 8.10. The molecule has 2 N–H and O–H groups in total. The molecule has 0 unspecified atom stereocenters. The lowest BCUT2D eigenvalue weighted by Gasteiger charge is -1.97. The molecular weight excluding hydrogens is 178 g/mol. The van der Waals surface area contributed by atoms with Gasteiger partial charge in [-0.05, 0) is 6.92 Å². The average Bonchev–Trinajstić information content (AvgIpc) is 2.48. The van der Waals surface area contributed by atoms with E-state index in [2.05, 4.69) is 15.1 Å². The zero-order valence-corrected chi connectivity index (χ0v) is 8.10. The summed E-state index contributed by atoms with van der Waals surface area (Å²) in [5.74, 6) is 0.616. The van der Waals surface area contributed by atoms with Crippen molar-refractivity contribution in [2.45, 2.75) is 6.92 Å². The van der Waals surface area contributed by atoms with Gasteiger partial charge in [-0.1, -0.05) is 0 Å². The first-order valence-corrected chi connectivity index (χ1v) is 4.26. The Labute approximate surface area is 81.6 Å². The van der Waals surface area contributed by atoms with Crippen LogP contribution in [0.3, 0.4) is 0 Å². The maximum atomic E-state index is 5.68. The Hall–Kier alpha value is -1.91. The number of hydrogen-bond donors (Lipinski definition) is 1. The Morgan fingerprint density at radius 1 is 1.29 bits per heavy atom. The SMILES string of the molecule is Cc1nccnc1-c1cc(N)n(C)n1. The van der Waals surface area contributed by atoms with E-state index < -0.39 is 0 Å². The van der Waals surface area contributed by atoms with E-state index in [1.807, 2.05) is 6.92 Å². The minimum atomic E-state index is 0.616. The van der Waals surface area contributed by atoms with Crippen LogP contribution >= 0.6 is 0 Å². The van der Waals surface area contributed by atoms with E-state index in [4.69, 9.17) is 5.73 Å². The average molecular weight is 189 g/mol. The van der Waals surface area contributed by atoms with Crippen LogP contribution in [-0.4, -0.2) is 19.7 Å². The van der Waals surface area contributed by atoms with Gasteiger partial charge in [0, 0.05) is 25.5 Å². The molecule has 2 heterocycles. The predicted molar refractivity (Wildman–Crippen MR) is 53.4 cm³/mol. The van der Waals surface area contributed by atoms with Gasteiger partial charge in [-0.3, -0.25) is 14.6 Å². The molecule has 0 aliphatic rings.